The minimum absolute atomic E-state index is 0.494. The Labute approximate surface area is 189 Å². The number of benzene rings is 3. The lowest BCUT2D eigenvalue weighted by Gasteiger charge is -2.37. The molecule has 0 spiro atoms. The third-order valence-electron chi connectivity index (χ3n) is 7.16. The minimum Gasteiger partial charge on any atom is -0.318 e. The van der Waals surface area contributed by atoms with Gasteiger partial charge in [0.15, 0.2) is 0 Å². The summed E-state index contributed by atoms with van der Waals surface area (Å²) in [5.74, 6) is 1.37. The van der Waals surface area contributed by atoms with Crippen molar-refractivity contribution >= 4 is 5.57 Å². The maximum atomic E-state index is 4.94. The van der Waals surface area contributed by atoms with Crippen LogP contribution in [-0.4, -0.2) is 22.6 Å². The fourth-order valence-electron chi connectivity index (χ4n) is 5.63. The second-order valence-electron chi connectivity index (χ2n) is 8.95. The van der Waals surface area contributed by atoms with Gasteiger partial charge in [-0.3, -0.25) is 0 Å². The highest BCUT2D eigenvalue weighted by molar-refractivity contribution is 5.66. The van der Waals surface area contributed by atoms with E-state index < -0.39 is 5.54 Å². The van der Waals surface area contributed by atoms with Gasteiger partial charge in [0.05, 0.1) is 12.0 Å². The van der Waals surface area contributed by atoms with E-state index in [2.05, 4.69) is 113 Å². The predicted molar refractivity (Wildman–Crippen MR) is 129 cm³/mol. The van der Waals surface area contributed by atoms with Gasteiger partial charge in [0, 0.05) is 12.7 Å². The number of imidazole rings is 1. The van der Waals surface area contributed by atoms with Crippen molar-refractivity contribution in [2.75, 3.05) is 13.1 Å². The summed E-state index contributed by atoms with van der Waals surface area (Å²) in [5.41, 5.74) is 5.68. The average Bonchev–Trinajstić information content (AvgIpc) is 3.59. The van der Waals surface area contributed by atoms with Gasteiger partial charge in [-0.25, -0.2) is 4.98 Å². The molecular weight excluding hydrogens is 390 g/mol. The molecule has 4 aromatic rings. The number of allylic oxidation sites excluding steroid dienone is 1. The lowest BCUT2D eigenvalue weighted by atomic mass is 9.77. The third-order valence-corrected chi connectivity index (χ3v) is 7.16. The molecule has 2 aliphatic rings. The SMILES string of the molecule is C1=C(c2cn(C(c3ccccc3)(c3ccccc3)c3ccccc3)cn2)CC2CNCC12. The Morgan fingerprint density at radius 3 is 1.84 bits per heavy atom. The topological polar surface area (TPSA) is 29.9 Å². The molecule has 2 unspecified atom stereocenters. The molecule has 1 fully saturated rings. The fraction of sp³-hybridized carbons (Fsp3) is 0.207. The molecule has 0 amide bonds. The predicted octanol–water partition coefficient (Wildman–Crippen LogP) is 5.35. The molecule has 1 aromatic heterocycles. The maximum absolute atomic E-state index is 4.94. The summed E-state index contributed by atoms with van der Waals surface area (Å²) in [5, 5.41) is 3.52. The number of aromatic nitrogens is 2. The molecule has 2 atom stereocenters. The highest BCUT2D eigenvalue weighted by atomic mass is 15.1. The van der Waals surface area contributed by atoms with Crippen LogP contribution in [0.4, 0.5) is 0 Å². The first-order valence-corrected chi connectivity index (χ1v) is 11.5. The van der Waals surface area contributed by atoms with E-state index in [1.165, 1.54) is 22.3 Å². The average molecular weight is 418 g/mol. The van der Waals surface area contributed by atoms with Crippen molar-refractivity contribution in [2.24, 2.45) is 11.8 Å². The standard InChI is InChI=1S/C29H27N3/c1-4-10-25(11-5-1)29(26-12-6-2-7-13-26,27-14-8-3-9-15-27)32-20-28(31-21-32)22-16-23-18-30-19-24(23)17-22/h1-16,20-21,23-24,30H,17-19H2. The molecule has 1 N–H and O–H groups in total. The first kappa shape index (κ1) is 19.3. The van der Waals surface area contributed by atoms with E-state index in [9.17, 15) is 0 Å². The first-order chi connectivity index (χ1) is 15.9. The molecular formula is C29H27N3. The largest absolute Gasteiger partial charge is 0.318 e. The third kappa shape index (κ3) is 3.04. The van der Waals surface area contributed by atoms with Crippen molar-refractivity contribution in [3.8, 4) is 0 Å². The molecule has 158 valence electrons. The Balaban J connectivity index is 1.56. The van der Waals surface area contributed by atoms with E-state index in [1.807, 2.05) is 6.33 Å². The van der Waals surface area contributed by atoms with Gasteiger partial charge in [-0.05, 0) is 47.1 Å². The molecule has 0 radical (unpaired) electrons. The molecule has 32 heavy (non-hydrogen) atoms. The summed E-state index contributed by atoms with van der Waals surface area (Å²) < 4.78 is 2.32. The second-order valence-corrected chi connectivity index (χ2v) is 8.95. The van der Waals surface area contributed by atoms with Gasteiger partial charge in [0.25, 0.3) is 0 Å². The van der Waals surface area contributed by atoms with E-state index in [0.717, 1.165) is 31.1 Å². The zero-order valence-corrected chi connectivity index (χ0v) is 18.1. The molecule has 1 aliphatic carbocycles. The first-order valence-electron chi connectivity index (χ1n) is 11.5. The van der Waals surface area contributed by atoms with E-state index in [1.54, 1.807) is 0 Å². The van der Waals surface area contributed by atoms with Crippen molar-refractivity contribution in [1.82, 2.24) is 14.9 Å². The van der Waals surface area contributed by atoms with Crippen molar-refractivity contribution < 1.29 is 0 Å². The van der Waals surface area contributed by atoms with Crippen LogP contribution in [0, 0.1) is 11.8 Å². The smallest absolute Gasteiger partial charge is 0.121 e. The minimum atomic E-state index is -0.494. The van der Waals surface area contributed by atoms with Gasteiger partial charge in [-0.15, -0.1) is 0 Å². The Bertz CT molecular complexity index is 1130. The van der Waals surface area contributed by atoms with Gasteiger partial charge in [-0.2, -0.15) is 0 Å². The number of rotatable bonds is 5. The van der Waals surface area contributed by atoms with Crippen LogP contribution in [0.25, 0.3) is 5.57 Å². The van der Waals surface area contributed by atoms with Gasteiger partial charge in [0.1, 0.15) is 5.54 Å². The summed E-state index contributed by atoms with van der Waals surface area (Å²) in [7, 11) is 0. The van der Waals surface area contributed by atoms with Crippen molar-refractivity contribution in [3.05, 3.63) is 132 Å². The Morgan fingerprint density at radius 1 is 0.750 bits per heavy atom. The molecule has 2 heterocycles. The summed E-state index contributed by atoms with van der Waals surface area (Å²) in [6.07, 6.45) is 7.85. The summed E-state index contributed by atoms with van der Waals surface area (Å²) >= 11 is 0. The highest BCUT2D eigenvalue weighted by Crippen LogP contribution is 2.42. The summed E-state index contributed by atoms with van der Waals surface area (Å²) in [6.45, 7) is 2.21. The van der Waals surface area contributed by atoms with Crippen LogP contribution in [-0.2, 0) is 5.54 Å². The maximum Gasteiger partial charge on any atom is 0.121 e. The molecule has 0 bridgehead atoms. The number of nitrogens with zero attached hydrogens (tertiary/aromatic N) is 2. The van der Waals surface area contributed by atoms with Crippen LogP contribution in [0.1, 0.15) is 28.8 Å². The number of hydrogen-bond donors (Lipinski definition) is 1. The molecule has 3 heteroatoms. The van der Waals surface area contributed by atoms with Crippen LogP contribution >= 0.6 is 0 Å². The second kappa shape index (κ2) is 7.92. The monoisotopic (exact) mass is 417 g/mol. The zero-order valence-electron chi connectivity index (χ0n) is 18.1. The van der Waals surface area contributed by atoms with E-state index in [0.29, 0.717) is 5.92 Å². The molecule has 1 saturated heterocycles. The number of hydrogen-bond acceptors (Lipinski definition) is 2. The van der Waals surface area contributed by atoms with Gasteiger partial charge in [-0.1, -0.05) is 97.1 Å². The normalized spacial score (nSPS) is 20.2. The van der Waals surface area contributed by atoms with Crippen LogP contribution in [0.2, 0.25) is 0 Å². The van der Waals surface area contributed by atoms with Crippen molar-refractivity contribution in [2.45, 2.75) is 12.0 Å². The summed E-state index contributed by atoms with van der Waals surface area (Å²) in [4.78, 5) is 4.94. The Morgan fingerprint density at radius 2 is 1.31 bits per heavy atom. The van der Waals surface area contributed by atoms with Crippen LogP contribution in [0.3, 0.4) is 0 Å². The van der Waals surface area contributed by atoms with E-state index >= 15 is 0 Å². The quantitative estimate of drug-likeness (QED) is 0.444. The molecule has 1 aliphatic heterocycles. The Hall–Kier alpha value is -3.43. The molecule has 0 saturated carbocycles. The van der Waals surface area contributed by atoms with Crippen LogP contribution in [0.15, 0.2) is 110 Å². The molecule has 3 nitrogen and oxygen atoms in total. The Kier molecular flexibility index (Phi) is 4.77. The molecule has 3 aromatic carbocycles. The lowest BCUT2D eigenvalue weighted by Crippen LogP contribution is -2.36. The van der Waals surface area contributed by atoms with E-state index in [-0.39, 0.29) is 0 Å². The van der Waals surface area contributed by atoms with Gasteiger partial charge in [0.2, 0.25) is 0 Å². The van der Waals surface area contributed by atoms with E-state index in [4.69, 9.17) is 4.98 Å². The van der Waals surface area contributed by atoms with Crippen LogP contribution < -0.4 is 5.32 Å². The zero-order chi connectivity index (χ0) is 21.4. The lowest BCUT2D eigenvalue weighted by molar-refractivity contribution is 0.514. The van der Waals surface area contributed by atoms with Crippen molar-refractivity contribution in [1.29, 1.82) is 0 Å². The fourth-order valence-corrected chi connectivity index (χ4v) is 5.63. The molecule has 6 rings (SSSR count). The van der Waals surface area contributed by atoms with Gasteiger partial charge < -0.3 is 9.88 Å². The highest BCUT2D eigenvalue weighted by Gasteiger charge is 2.39. The van der Waals surface area contributed by atoms with Crippen molar-refractivity contribution in [3.63, 3.8) is 0 Å². The number of nitrogens with one attached hydrogen (secondary N) is 1. The number of fused-ring (bicyclic) bond motifs is 1. The van der Waals surface area contributed by atoms with Gasteiger partial charge >= 0.3 is 0 Å². The van der Waals surface area contributed by atoms with Crippen LogP contribution in [0.5, 0.6) is 0 Å². The summed E-state index contributed by atoms with van der Waals surface area (Å²) in [6, 6.07) is 32.4.